The fraction of sp³-hybridized carbons (Fsp3) is 0.583. The Kier molecular flexibility index (Phi) is 3.96. The van der Waals surface area contributed by atoms with Gasteiger partial charge in [0.15, 0.2) is 4.77 Å². The summed E-state index contributed by atoms with van der Waals surface area (Å²) in [4.78, 5) is 26.7. The Morgan fingerprint density at radius 3 is 2.89 bits per heavy atom. The second kappa shape index (κ2) is 5.48. The molecule has 0 radical (unpaired) electrons. The van der Waals surface area contributed by atoms with Crippen LogP contribution in [-0.2, 0) is 28.9 Å². The molecule has 0 bridgehead atoms. The summed E-state index contributed by atoms with van der Waals surface area (Å²) in [7, 11) is 0. The molecule has 5 nitrogen and oxygen atoms in total. The Hall–Kier alpha value is -1.43. The fourth-order valence-corrected chi connectivity index (χ4v) is 2.48. The standard InChI is InChI=1S/C12H16N2O3S/c1-2-17-10(15)7-14-11(16)8-5-3-4-6-9(8)13-12(14)18/h2-7H2,1H3,(H,13,18). The van der Waals surface area contributed by atoms with Crippen LogP contribution in [0.1, 0.15) is 31.0 Å². The van der Waals surface area contributed by atoms with Crippen LogP contribution in [0.4, 0.5) is 0 Å². The molecule has 1 aliphatic rings. The maximum atomic E-state index is 12.2. The fourth-order valence-electron chi connectivity index (χ4n) is 2.21. The van der Waals surface area contributed by atoms with Crippen molar-refractivity contribution in [1.29, 1.82) is 0 Å². The molecule has 0 atom stereocenters. The van der Waals surface area contributed by atoms with E-state index in [1.54, 1.807) is 6.92 Å². The van der Waals surface area contributed by atoms with Crippen molar-refractivity contribution in [3.8, 4) is 0 Å². The minimum absolute atomic E-state index is 0.116. The van der Waals surface area contributed by atoms with Crippen LogP contribution in [0.5, 0.6) is 0 Å². The van der Waals surface area contributed by atoms with E-state index in [0.29, 0.717) is 11.4 Å². The Balaban J connectivity index is 2.39. The number of carbonyl (C=O) groups is 1. The average Bonchev–Trinajstić information content (AvgIpc) is 2.35. The number of aromatic nitrogens is 2. The first-order valence-electron chi connectivity index (χ1n) is 6.14. The van der Waals surface area contributed by atoms with Gasteiger partial charge in [-0.3, -0.25) is 14.2 Å². The van der Waals surface area contributed by atoms with E-state index in [4.69, 9.17) is 17.0 Å². The third-order valence-electron chi connectivity index (χ3n) is 3.07. The number of carbonyl (C=O) groups excluding carboxylic acids is 1. The first-order valence-corrected chi connectivity index (χ1v) is 6.54. The second-order valence-corrected chi connectivity index (χ2v) is 4.68. The SMILES string of the molecule is CCOC(=O)Cn1c(=S)[nH]c2c(c1=O)CCCC2. The topological polar surface area (TPSA) is 64.1 Å². The van der Waals surface area contributed by atoms with Crippen LogP contribution in [-0.4, -0.2) is 22.1 Å². The van der Waals surface area contributed by atoms with Crippen LogP contribution < -0.4 is 5.56 Å². The third kappa shape index (κ3) is 2.53. The molecule has 0 unspecified atom stereocenters. The van der Waals surface area contributed by atoms with E-state index in [-0.39, 0.29) is 12.1 Å². The molecule has 1 heterocycles. The summed E-state index contributed by atoms with van der Waals surface area (Å²) < 4.78 is 6.43. The number of nitrogens with zero attached hydrogens (tertiary/aromatic N) is 1. The number of H-pyrrole nitrogens is 1. The molecule has 6 heteroatoms. The van der Waals surface area contributed by atoms with Gasteiger partial charge in [0.25, 0.3) is 5.56 Å². The number of hydrogen-bond donors (Lipinski definition) is 1. The average molecular weight is 268 g/mol. The smallest absolute Gasteiger partial charge is 0.326 e. The van der Waals surface area contributed by atoms with Gasteiger partial charge in [-0.1, -0.05) is 0 Å². The molecule has 1 aliphatic carbocycles. The quantitative estimate of drug-likeness (QED) is 0.664. The number of ether oxygens (including phenoxy) is 1. The van der Waals surface area contributed by atoms with E-state index in [1.807, 2.05) is 0 Å². The summed E-state index contributed by atoms with van der Waals surface area (Å²) in [5, 5.41) is 0. The number of esters is 1. The maximum absolute atomic E-state index is 12.2. The number of fused-ring (bicyclic) bond motifs is 1. The van der Waals surface area contributed by atoms with Crippen LogP contribution in [0.25, 0.3) is 0 Å². The van der Waals surface area contributed by atoms with Gasteiger partial charge in [0, 0.05) is 11.3 Å². The Labute approximate surface area is 110 Å². The van der Waals surface area contributed by atoms with Crippen molar-refractivity contribution < 1.29 is 9.53 Å². The summed E-state index contributed by atoms with van der Waals surface area (Å²) in [6.07, 6.45) is 3.68. The molecule has 0 saturated heterocycles. The van der Waals surface area contributed by atoms with Gasteiger partial charge < -0.3 is 9.72 Å². The highest BCUT2D eigenvalue weighted by Gasteiger charge is 2.17. The van der Waals surface area contributed by atoms with Gasteiger partial charge in [0.1, 0.15) is 6.54 Å². The van der Waals surface area contributed by atoms with E-state index in [9.17, 15) is 9.59 Å². The number of rotatable bonds is 3. The highest BCUT2D eigenvalue weighted by molar-refractivity contribution is 7.71. The summed E-state index contributed by atoms with van der Waals surface area (Å²) in [6.45, 7) is 1.92. The van der Waals surface area contributed by atoms with E-state index in [1.165, 1.54) is 4.57 Å². The molecular formula is C12H16N2O3S. The minimum atomic E-state index is -0.435. The van der Waals surface area contributed by atoms with Gasteiger partial charge in [-0.15, -0.1) is 0 Å². The predicted octanol–water partition coefficient (Wildman–Crippen LogP) is 1.35. The summed E-state index contributed by atoms with van der Waals surface area (Å²) in [6, 6.07) is 0. The van der Waals surface area contributed by atoms with Gasteiger partial charge in [0.05, 0.1) is 6.61 Å². The first kappa shape index (κ1) is 13.0. The molecule has 0 spiro atoms. The van der Waals surface area contributed by atoms with Crippen LogP contribution in [0.2, 0.25) is 0 Å². The second-order valence-electron chi connectivity index (χ2n) is 4.29. The van der Waals surface area contributed by atoms with E-state index < -0.39 is 5.97 Å². The summed E-state index contributed by atoms with van der Waals surface area (Å²) >= 11 is 5.13. The number of nitrogens with one attached hydrogen (secondary N) is 1. The molecule has 1 aromatic rings. The zero-order chi connectivity index (χ0) is 13.1. The van der Waals surface area contributed by atoms with E-state index >= 15 is 0 Å². The van der Waals surface area contributed by atoms with Crippen molar-refractivity contribution in [2.24, 2.45) is 0 Å². The first-order chi connectivity index (χ1) is 8.63. The third-order valence-corrected chi connectivity index (χ3v) is 3.39. The lowest BCUT2D eigenvalue weighted by atomic mass is 9.97. The monoisotopic (exact) mass is 268 g/mol. The van der Waals surface area contributed by atoms with Crippen LogP contribution in [0, 0.1) is 4.77 Å². The Morgan fingerprint density at radius 1 is 1.44 bits per heavy atom. The molecule has 2 rings (SSSR count). The highest BCUT2D eigenvalue weighted by Crippen LogP contribution is 2.15. The number of aromatic amines is 1. The number of aryl methyl sites for hydroxylation is 1. The van der Waals surface area contributed by atoms with Gasteiger partial charge in [-0.25, -0.2) is 0 Å². The van der Waals surface area contributed by atoms with Crippen molar-refractivity contribution in [3.05, 3.63) is 26.4 Å². The maximum Gasteiger partial charge on any atom is 0.326 e. The van der Waals surface area contributed by atoms with E-state index in [2.05, 4.69) is 4.98 Å². The zero-order valence-electron chi connectivity index (χ0n) is 10.3. The minimum Gasteiger partial charge on any atom is -0.465 e. The molecule has 18 heavy (non-hydrogen) atoms. The van der Waals surface area contributed by atoms with Crippen molar-refractivity contribution in [1.82, 2.24) is 9.55 Å². The lowest BCUT2D eigenvalue weighted by Gasteiger charge is -2.16. The normalized spacial score (nSPS) is 14.1. The van der Waals surface area contributed by atoms with Gasteiger partial charge >= 0.3 is 5.97 Å². The Morgan fingerprint density at radius 2 is 2.17 bits per heavy atom. The molecular weight excluding hydrogens is 252 g/mol. The highest BCUT2D eigenvalue weighted by atomic mass is 32.1. The van der Waals surface area contributed by atoms with E-state index in [0.717, 1.165) is 36.9 Å². The molecule has 0 aliphatic heterocycles. The van der Waals surface area contributed by atoms with Crippen LogP contribution in [0.3, 0.4) is 0 Å². The summed E-state index contributed by atoms with van der Waals surface area (Å²) in [5.41, 5.74) is 1.54. The zero-order valence-corrected chi connectivity index (χ0v) is 11.1. The van der Waals surface area contributed by atoms with Gasteiger partial charge in [-0.05, 0) is 44.8 Å². The lowest BCUT2D eigenvalue weighted by Crippen LogP contribution is -2.32. The van der Waals surface area contributed by atoms with Crippen molar-refractivity contribution in [3.63, 3.8) is 0 Å². The molecule has 0 aromatic carbocycles. The van der Waals surface area contributed by atoms with Crippen LogP contribution in [0.15, 0.2) is 4.79 Å². The van der Waals surface area contributed by atoms with Gasteiger partial charge in [-0.2, -0.15) is 0 Å². The largest absolute Gasteiger partial charge is 0.465 e. The van der Waals surface area contributed by atoms with Crippen molar-refractivity contribution in [2.45, 2.75) is 39.2 Å². The summed E-state index contributed by atoms with van der Waals surface area (Å²) in [5.74, 6) is -0.435. The number of hydrogen-bond acceptors (Lipinski definition) is 4. The van der Waals surface area contributed by atoms with Gasteiger partial charge in [0.2, 0.25) is 0 Å². The lowest BCUT2D eigenvalue weighted by molar-refractivity contribution is -0.143. The molecule has 0 amide bonds. The molecule has 0 saturated carbocycles. The van der Waals surface area contributed by atoms with Crippen molar-refractivity contribution in [2.75, 3.05) is 6.61 Å². The molecule has 1 aromatic heterocycles. The molecule has 98 valence electrons. The van der Waals surface area contributed by atoms with Crippen LogP contribution >= 0.6 is 12.2 Å². The molecule has 1 N–H and O–H groups in total. The van der Waals surface area contributed by atoms with Crippen molar-refractivity contribution >= 4 is 18.2 Å². The molecule has 0 fully saturated rings. The Bertz CT molecular complexity index is 574. The predicted molar refractivity (Wildman–Crippen MR) is 69.2 cm³/mol.